The number of carboxylic acids is 1. The van der Waals surface area contributed by atoms with E-state index < -0.39 is 23.6 Å². The van der Waals surface area contributed by atoms with E-state index in [2.05, 4.69) is 15.6 Å². The second-order valence-electron chi connectivity index (χ2n) is 6.88. The number of rotatable bonds is 5. The Bertz CT molecular complexity index is 867. The number of nitrogens with one attached hydrogen (secondary N) is 2. The van der Waals surface area contributed by atoms with Crippen molar-refractivity contribution in [3.8, 4) is 0 Å². The van der Waals surface area contributed by atoms with Crippen LogP contribution in [0.15, 0.2) is 30.5 Å². The second kappa shape index (κ2) is 7.90. The van der Waals surface area contributed by atoms with Gasteiger partial charge in [-0.05, 0) is 38.5 Å². The Morgan fingerprint density at radius 3 is 2.59 bits per heavy atom. The Morgan fingerprint density at radius 2 is 1.96 bits per heavy atom. The van der Waals surface area contributed by atoms with Crippen molar-refractivity contribution in [1.82, 2.24) is 14.9 Å². The summed E-state index contributed by atoms with van der Waals surface area (Å²) in [5.74, 6) is -1.22. The molecule has 0 atom stereocenters. The zero-order valence-corrected chi connectivity index (χ0v) is 15.6. The summed E-state index contributed by atoms with van der Waals surface area (Å²) in [4.78, 5) is 39.2. The van der Waals surface area contributed by atoms with Gasteiger partial charge >= 0.3 is 12.1 Å². The van der Waals surface area contributed by atoms with Gasteiger partial charge in [-0.15, -0.1) is 0 Å². The molecule has 0 saturated carbocycles. The van der Waals surface area contributed by atoms with Crippen molar-refractivity contribution in [2.45, 2.75) is 32.9 Å². The molecule has 2 aromatic rings. The molecule has 0 aliphatic heterocycles. The van der Waals surface area contributed by atoms with Crippen molar-refractivity contribution in [1.29, 1.82) is 0 Å². The lowest BCUT2D eigenvalue weighted by Gasteiger charge is -2.18. The van der Waals surface area contributed by atoms with Crippen LogP contribution in [0.5, 0.6) is 0 Å². The average Bonchev–Trinajstić information content (AvgIpc) is 2.91. The molecular formula is C18H22N4O5. The lowest BCUT2D eigenvalue weighted by atomic mass is 10.1. The number of hydrogen-bond acceptors (Lipinski definition) is 5. The number of carbonyl (C=O) groups excluding carboxylic acids is 2. The van der Waals surface area contributed by atoms with Crippen LogP contribution < -0.4 is 10.6 Å². The van der Waals surface area contributed by atoms with Gasteiger partial charge in [-0.1, -0.05) is 12.1 Å². The summed E-state index contributed by atoms with van der Waals surface area (Å²) in [5.41, 5.74) is 0.135. The number of nitrogens with zero attached hydrogens (tertiary/aromatic N) is 2. The lowest BCUT2D eigenvalue weighted by Crippen LogP contribution is -2.27. The van der Waals surface area contributed by atoms with Gasteiger partial charge < -0.3 is 19.7 Å². The Hall–Kier alpha value is -3.36. The zero-order valence-electron chi connectivity index (χ0n) is 15.6. The minimum Gasteiger partial charge on any atom is -0.478 e. The smallest absolute Gasteiger partial charge is 0.413 e. The van der Waals surface area contributed by atoms with E-state index in [9.17, 15) is 14.4 Å². The molecule has 0 fully saturated rings. The van der Waals surface area contributed by atoms with Crippen molar-refractivity contribution >= 4 is 23.8 Å². The molecule has 2 rings (SSSR count). The van der Waals surface area contributed by atoms with E-state index in [-0.39, 0.29) is 23.8 Å². The summed E-state index contributed by atoms with van der Waals surface area (Å²) in [6.45, 7) is 5.36. The number of imidazole rings is 1. The number of ether oxygens (including phenoxy) is 1. The topological polar surface area (TPSA) is 123 Å². The largest absolute Gasteiger partial charge is 0.478 e. The van der Waals surface area contributed by atoms with Crippen molar-refractivity contribution in [2.24, 2.45) is 7.05 Å². The van der Waals surface area contributed by atoms with Gasteiger partial charge in [0.15, 0.2) is 5.82 Å². The maximum absolute atomic E-state index is 12.3. The minimum atomic E-state index is -1.04. The summed E-state index contributed by atoms with van der Waals surface area (Å²) in [6.07, 6.45) is 0.821. The Morgan fingerprint density at radius 1 is 1.26 bits per heavy atom. The normalized spacial score (nSPS) is 11.0. The molecule has 0 saturated heterocycles. The fourth-order valence-electron chi connectivity index (χ4n) is 2.22. The van der Waals surface area contributed by atoms with Gasteiger partial charge in [0.2, 0.25) is 5.82 Å². The standard InChI is InChI=1S/C18H22N4O5/c1-18(2,3)27-17(26)21-13-10-22(4)14(20-13)15(23)19-9-11-6-5-7-12(8-11)16(24)25/h5-8,10H,9H2,1-4H3,(H,19,23)(H,21,26)(H,24,25). The Kier molecular flexibility index (Phi) is 5.84. The summed E-state index contributed by atoms with van der Waals surface area (Å²) in [7, 11) is 1.62. The van der Waals surface area contributed by atoms with Crippen molar-refractivity contribution in [3.63, 3.8) is 0 Å². The molecule has 1 aromatic heterocycles. The van der Waals surface area contributed by atoms with Gasteiger partial charge in [-0.25, -0.2) is 14.6 Å². The number of aromatic nitrogens is 2. The van der Waals surface area contributed by atoms with Crippen molar-refractivity contribution in [3.05, 3.63) is 47.4 Å². The van der Waals surface area contributed by atoms with Crippen LogP contribution >= 0.6 is 0 Å². The van der Waals surface area contributed by atoms with Gasteiger partial charge in [-0.2, -0.15) is 0 Å². The van der Waals surface area contributed by atoms with Crippen LogP contribution in [0.3, 0.4) is 0 Å². The molecular weight excluding hydrogens is 352 g/mol. The van der Waals surface area contributed by atoms with Gasteiger partial charge in [0.1, 0.15) is 5.60 Å². The number of aryl methyl sites for hydroxylation is 1. The van der Waals surface area contributed by atoms with Crippen LogP contribution in [0.4, 0.5) is 10.6 Å². The molecule has 0 aliphatic rings. The summed E-state index contributed by atoms with van der Waals surface area (Å²) >= 11 is 0. The van der Waals surface area contributed by atoms with Crippen LogP contribution in [-0.4, -0.2) is 38.2 Å². The molecule has 1 aromatic carbocycles. The second-order valence-corrected chi connectivity index (χ2v) is 6.88. The molecule has 3 N–H and O–H groups in total. The van der Waals surface area contributed by atoms with Crippen LogP contribution in [0.1, 0.15) is 47.3 Å². The third-order valence-electron chi connectivity index (χ3n) is 3.34. The van der Waals surface area contributed by atoms with Gasteiger partial charge in [0, 0.05) is 19.8 Å². The highest BCUT2D eigenvalue weighted by molar-refractivity contribution is 5.92. The number of aromatic carboxylic acids is 1. The molecule has 9 heteroatoms. The molecule has 0 bridgehead atoms. The first-order chi connectivity index (χ1) is 12.5. The molecule has 0 radical (unpaired) electrons. The Balaban J connectivity index is 2.01. The van der Waals surface area contributed by atoms with Crippen LogP contribution in [0, 0.1) is 0 Å². The SMILES string of the molecule is Cn1cc(NC(=O)OC(C)(C)C)nc1C(=O)NCc1cccc(C(=O)O)c1. The quantitative estimate of drug-likeness (QED) is 0.738. The highest BCUT2D eigenvalue weighted by Gasteiger charge is 2.19. The zero-order chi connectivity index (χ0) is 20.2. The fraction of sp³-hybridized carbons (Fsp3) is 0.333. The van der Waals surface area contributed by atoms with E-state index in [4.69, 9.17) is 9.84 Å². The van der Waals surface area contributed by atoms with E-state index in [0.717, 1.165) is 0 Å². The molecule has 2 amide bonds. The number of hydrogen-bond donors (Lipinski definition) is 3. The van der Waals surface area contributed by atoms with Crippen molar-refractivity contribution in [2.75, 3.05) is 5.32 Å². The van der Waals surface area contributed by atoms with E-state index in [1.165, 1.54) is 22.9 Å². The third-order valence-corrected chi connectivity index (χ3v) is 3.34. The first-order valence-corrected chi connectivity index (χ1v) is 8.19. The summed E-state index contributed by atoms with van der Waals surface area (Å²) in [5, 5.41) is 14.1. The van der Waals surface area contributed by atoms with E-state index >= 15 is 0 Å². The molecule has 9 nitrogen and oxygen atoms in total. The summed E-state index contributed by atoms with van der Waals surface area (Å²) < 4.78 is 6.61. The van der Waals surface area contributed by atoms with Crippen LogP contribution in [-0.2, 0) is 18.3 Å². The first-order valence-electron chi connectivity index (χ1n) is 8.19. The first kappa shape index (κ1) is 20.0. The monoisotopic (exact) mass is 374 g/mol. The number of amides is 2. The number of benzene rings is 1. The molecule has 27 heavy (non-hydrogen) atoms. The van der Waals surface area contributed by atoms with Gasteiger partial charge in [0.25, 0.3) is 5.91 Å². The van der Waals surface area contributed by atoms with Crippen molar-refractivity contribution < 1.29 is 24.2 Å². The average molecular weight is 374 g/mol. The van der Waals surface area contributed by atoms with E-state index in [0.29, 0.717) is 5.56 Å². The molecule has 0 spiro atoms. The van der Waals surface area contributed by atoms with Crippen LogP contribution in [0.25, 0.3) is 0 Å². The predicted molar refractivity (Wildman–Crippen MR) is 97.6 cm³/mol. The highest BCUT2D eigenvalue weighted by Crippen LogP contribution is 2.12. The lowest BCUT2D eigenvalue weighted by molar-refractivity contribution is 0.0633. The summed E-state index contributed by atoms with van der Waals surface area (Å²) in [6, 6.07) is 6.27. The van der Waals surface area contributed by atoms with E-state index in [1.807, 2.05) is 0 Å². The highest BCUT2D eigenvalue weighted by atomic mass is 16.6. The molecule has 0 aliphatic carbocycles. The Labute approximate surface area is 156 Å². The molecule has 1 heterocycles. The number of anilines is 1. The molecule has 144 valence electrons. The number of carbonyl (C=O) groups is 3. The minimum absolute atomic E-state index is 0.0930. The molecule has 0 unspecified atom stereocenters. The van der Waals surface area contributed by atoms with Crippen LogP contribution in [0.2, 0.25) is 0 Å². The van der Waals surface area contributed by atoms with E-state index in [1.54, 1.807) is 40.0 Å². The maximum atomic E-state index is 12.3. The number of carboxylic acid groups (broad SMARTS) is 1. The predicted octanol–water partition coefficient (Wildman–Crippen LogP) is 2.40. The van der Waals surface area contributed by atoms with Gasteiger partial charge in [-0.3, -0.25) is 10.1 Å². The fourth-order valence-corrected chi connectivity index (χ4v) is 2.22. The third kappa shape index (κ3) is 5.84. The van der Waals surface area contributed by atoms with Gasteiger partial charge in [0.05, 0.1) is 5.56 Å². The maximum Gasteiger partial charge on any atom is 0.413 e.